The van der Waals surface area contributed by atoms with Gasteiger partial charge in [-0.15, -0.1) is 11.3 Å². The lowest BCUT2D eigenvalue weighted by molar-refractivity contribution is 0.0687. The molecule has 0 unspecified atom stereocenters. The second-order valence-corrected chi connectivity index (χ2v) is 5.95. The molecule has 20 heavy (non-hydrogen) atoms. The number of carbonyl (C=O) groups is 2. The van der Waals surface area contributed by atoms with Crippen LogP contribution in [0.3, 0.4) is 0 Å². The van der Waals surface area contributed by atoms with E-state index in [9.17, 15) is 9.59 Å². The van der Waals surface area contributed by atoms with Crippen molar-refractivity contribution in [1.82, 2.24) is 4.98 Å². The number of rotatable bonds is 4. The predicted molar refractivity (Wildman–Crippen MR) is 76.5 cm³/mol. The lowest BCUT2D eigenvalue weighted by atomic mass is 10.1. The molecule has 1 heterocycles. The minimum absolute atomic E-state index is 0.149. The topological polar surface area (TPSA) is 67.3 Å². The first-order valence-electron chi connectivity index (χ1n) is 6.41. The van der Waals surface area contributed by atoms with Crippen LogP contribution in [0.25, 0.3) is 10.6 Å². The van der Waals surface area contributed by atoms with Crippen molar-refractivity contribution in [3.63, 3.8) is 0 Å². The first kappa shape index (κ1) is 13.0. The van der Waals surface area contributed by atoms with Crippen molar-refractivity contribution in [1.29, 1.82) is 0 Å². The van der Waals surface area contributed by atoms with Gasteiger partial charge < -0.3 is 5.11 Å². The van der Waals surface area contributed by atoms with Crippen LogP contribution in [0.4, 0.5) is 0 Å². The molecule has 1 N–H and O–H groups in total. The van der Waals surface area contributed by atoms with Gasteiger partial charge in [0.25, 0.3) is 0 Å². The van der Waals surface area contributed by atoms with Gasteiger partial charge in [0.15, 0.2) is 11.5 Å². The first-order valence-corrected chi connectivity index (χ1v) is 7.23. The molecule has 1 saturated carbocycles. The summed E-state index contributed by atoms with van der Waals surface area (Å²) in [6, 6.07) is 8.01. The third-order valence-electron chi connectivity index (χ3n) is 3.36. The normalized spacial score (nSPS) is 14.2. The Bertz CT molecular complexity index is 652. The maximum absolute atomic E-state index is 11.5. The van der Waals surface area contributed by atoms with Crippen molar-refractivity contribution in [3.05, 3.63) is 40.4 Å². The van der Waals surface area contributed by atoms with Gasteiger partial charge in [0.2, 0.25) is 0 Å². The van der Waals surface area contributed by atoms with Gasteiger partial charge in [0.05, 0.1) is 0 Å². The van der Waals surface area contributed by atoms with Crippen molar-refractivity contribution < 1.29 is 14.7 Å². The number of benzene rings is 1. The summed E-state index contributed by atoms with van der Waals surface area (Å²) in [5.41, 5.74) is 2.02. The highest BCUT2D eigenvalue weighted by atomic mass is 32.1. The Kier molecular flexibility index (Phi) is 3.14. The van der Waals surface area contributed by atoms with Gasteiger partial charge in [0, 0.05) is 12.5 Å². The zero-order valence-corrected chi connectivity index (χ0v) is 11.7. The van der Waals surface area contributed by atoms with Crippen molar-refractivity contribution in [2.75, 3.05) is 0 Å². The summed E-state index contributed by atoms with van der Waals surface area (Å²) in [5.74, 6) is -0.740. The third kappa shape index (κ3) is 2.36. The number of thiazole rings is 1. The SMILES string of the molecule is CC(=O)c1sc(-c2ccc(C3CC3)cc2)nc1C(=O)O. The number of carboxylic acids is 1. The van der Waals surface area contributed by atoms with Gasteiger partial charge in [-0.25, -0.2) is 9.78 Å². The summed E-state index contributed by atoms with van der Waals surface area (Å²) in [7, 11) is 0. The van der Waals surface area contributed by atoms with Gasteiger partial charge in [-0.3, -0.25) is 4.79 Å². The van der Waals surface area contributed by atoms with E-state index < -0.39 is 5.97 Å². The van der Waals surface area contributed by atoms with Gasteiger partial charge >= 0.3 is 5.97 Å². The van der Waals surface area contributed by atoms with Crippen molar-refractivity contribution >= 4 is 23.1 Å². The predicted octanol–water partition coefficient (Wildman–Crippen LogP) is 3.59. The number of ketones is 1. The number of aromatic carboxylic acids is 1. The highest BCUT2D eigenvalue weighted by molar-refractivity contribution is 7.17. The summed E-state index contributed by atoms with van der Waals surface area (Å²) in [6.07, 6.45) is 2.49. The van der Waals surface area contributed by atoms with Crippen LogP contribution in [0.2, 0.25) is 0 Å². The van der Waals surface area contributed by atoms with Gasteiger partial charge in [0.1, 0.15) is 9.88 Å². The van der Waals surface area contributed by atoms with Crippen molar-refractivity contribution in [3.8, 4) is 10.6 Å². The number of carbonyl (C=O) groups excluding carboxylic acids is 1. The molecule has 0 saturated heterocycles. The van der Waals surface area contributed by atoms with E-state index in [1.165, 1.54) is 25.3 Å². The summed E-state index contributed by atoms with van der Waals surface area (Å²) < 4.78 is 0. The van der Waals surface area contributed by atoms with Gasteiger partial charge in [-0.2, -0.15) is 0 Å². The Morgan fingerprint density at radius 2 is 1.90 bits per heavy atom. The van der Waals surface area contributed by atoms with Crippen molar-refractivity contribution in [2.45, 2.75) is 25.7 Å². The number of nitrogens with zero attached hydrogens (tertiary/aromatic N) is 1. The molecule has 3 rings (SSSR count). The molecule has 1 aliphatic carbocycles. The second kappa shape index (κ2) is 4.83. The lowest BCUT2D eigenvalue weighted by Crippen LogP contribution is -2.03. The Morgan fingerprint density at radius 3 is 2.35 bits per heavy atom. The standard InChI is InChI=1S/C15H13NO3S/c1-8(17)13-12(15(18)19)16-14(20-13)11-6-4-10(5-7-11)9-2-3-9/h4-7,9H,2-3H2,1H3,(H,18,19). The fourth-order valence-electron chi connectivity index (χ4n) is 2.14. The van der Waals surface area contributed by atoms with Gasteiger partial charge in [-0.05, 0) is 24.3 Å². The Hall–Kier alpha value is -2.01. The second-order valence-electron chi connectivity index (χ2n) is 4.95. The first-order chi connectivity index (χ1) is 9.56. The van der Waals surface area contributed by atoms with E-state index in [0.717, 1.165) is 16.9 Å². The zero-order valence-electron chi connectivity index (χ0n) is 10.9. The van der Waals surface area contributed by atoms with Crippen molar-refractivity contribution in [2.24, 2.45) is 0 Å². The molecule has 0 aliphatic heterocycles. The third-order valence-corrected chi connectivity index (χ3v) is 4.56. The minimum atomic E-state index is -1.16. The minimum Gasteiger partial charge on any atom is -0.476 e. The highest BCUT2D eigenvalue weighted by Gasteiger charge is 2.24. The van der Waals surface area contributed by atoms with Crippen LogP contribution in [-0.2, 0) is 0 Å². The maximum Gasteiger partial charge on any atom is 0.356 e. The van der Waals surface area contributed by atoms with Crippen LogP contribution in [-0.4, -0.2) is 21.8 Å². The fourth-order valence-corrected chi connectivity index (χ4v) is 3.10. The summed E-state index contributed by atoms with van der Waals surface area (Å²) >= 11 is 1.14. The molecule has 0 atom stereocenters. The number of aromatic nitrogens is 1. The van der Waals surface area contributed by atoms with E-state index >= 15 is 0 Å². The molecular weight excluding hydrogens is 274 g/mol. The molecular formula is C15H13NO3S. The van der Waals surface area contributed by atoms with E-state index in [4.69, 9.17) is 5.11 Å². The quantitative estimate of drug-likeness (QED) is 0.873. The molecule has 0 radical (unpaired) electrons. The van der Waals surface area contributed by atoms with Crippen LogP contribution in [0, 0.1) is 0 Å². The smallest absolute Gasteiger partial charge is 0.356 e. The Morgan fingerprint density at radius 1 is 1.25 bits per heavy atom. The Labute approximate surface area is 120 Å². The molecule has 0 bridgehead atoms. The van der Waals surface area contributed by atoms with Gasteiger partial charge in [-0.1, -0.05) is 24.3 Å². The van der Waals surface area contributed by atoms with Crippen LogP contribution < -0.4 is 0 Å². The van der Waals surface area contributed by atoms with E-state index in [1.807, 2.05) is 12.1 Å². The van der Waals surface area contributed by atoms with E-state index in [1.54, 1.807) is 0 Å². The summed E-state index contributed by atoms with van der Waals surface area (Å²) in [5, 5.41) is 9.67. The fraction of sp³-hybridized carbons (Fsp3) is 0.267. The highest BCUT2D eigenvalue weighted by Crippen LogP contribution is 2.40. The average Bonchev–Trinajstić information content (AvgIpc) is 3.16. The number of carboxylic acid groups (broad SMARTS) is 1. The monoisotopic (exact) mass is 287 g/mol. The zero-order chi connectivity index (χ0) is 14.3. The molecule has 5 heteroatoms. The molecule has 2 aromatic rings. The van der Waals surface area contributed by atoms with E-state index in [-0.39, 0.29) is 16.4 Å². The van der Waals surface area contributed by atoms with E-state index in [0.29, 0.717) is 10.9 Å². The molecule has 1 fully saturated rings. The van der Waals surface area contributed by atoms with Crippen LogP contribution >= 0.6 is 11.3 Å². The van der Waals surface area contributed by atoms with Crippen LogP contribution in [0.15, 0.2) is 24.3 Å². The van der Waals surface area contributed by atoms with Crippen LogP contribution in [0.5, 0.6) is 0 Å². The number of Topliss-reactive ketones (excluding diaryl/α,β-unsaturated/α-hetero) is 1. The molecule has 0 spiro atoms. The summed E-state index contributed by atoms with van der Waals surface area (Å²) in [4.78, 5) is 26.9. The number of hydrogen-bond acceptors (Lipinski definition) is 4. The largest absolute Gasteiger partial charge is 0.476 e. The van der Waals surface area contributed by atoms with E-state index in [2.05, 4.69) is 17.1 Å². The molecule has 1 aromatic carbocycles. The molecule has 102 valence electrons. The molecule has 1 aromatic heterocycles. The average molecular weight is 287 g/mol. The van der Waals surface area contributed by atoms with Crippen LogP contribution in [0.1, 0.15) is 51.4 Å². The number of hydrogen-bond donors (Lipinski definition) is 1. The molecule has 0 amide bonds. The molecule has 1 aliphatic rings. The lowest BCUT2D eigenvalue weighted by Gasteiger charge is -1.99. The Balaban J connectivity index is 1.98. The summed E-state index contributed by atoms with van der Waals surface area (Å²) in [6.45, 7) is 1.36. The molecule has 4 nitrogen and oxygen atoms in total. The maximum atomic E-state index is 11.5.